The number of carboxylic acid groups (broad SMARTS) is 1. The van der Waals surface area contributed by atoms with Crippen molar-refractivity contribution in [1.82, 2.24) is 4.90 Å². The Labute approximate surface area is 108 Å². The van der Waals surface area contributed by atoms with Crippen molar-refractivity contribution in [1.29, 1.82) is 0 Å². The van der Waals surface area contributed by atoms with Crippen molar-refractivity contribution in [2.75, 3.05) is 6.54 Å². The maximum absolute atomic E-state index is 13.1. The maximum Gasteiger partial charge on any atom is 0.326 e. The summed E-state index contributed by atoms with van der Waals surface area (Å²) in [5.41, 5.74) is -0.161. The maximum atomic E-state index is 13.1. The van der Waals surface area contributed by atoms with E-state index in [0.717, 1.165) is 18.6 Å². The average molecular weight is 269 g/mol. The molecule has 1 aromatic rings. The molecule has 1 aliphatic rings. The molecule has 4 nitrogen and oxygen atoms in total. The van der Waals surface area contributed by atoms with Crippen LogP contribution in [-0.2, 0) is 4.79 Å². The Morgan fingerprint density at radius 3 is 2.37 bits per heavy atom. The first kappa shape index (κ1) is 13.5. The van der Waals surface area contributed by atoms with E-state index in [4.69, 9.17) is 5.11 Å². The molecule has 1 aliphatic heterocycles. The molecule has 1 heterocycles. The quantitative estimate of drug-likeness (QED) is 0.893. The minimum Gasteiger partial charge on any atom is -0.480 e. The molecule has 19 heavy (non-hydrogen) atoms. The number of piperidine rings is 1. The molecule has 1 saturated heterocycles. The van der Waals surface area contributed by atoms with Gasteiger partial charge in [-0.3, -0.25) is 4.79 Å². The minimum atomic E-state index is -1.09. The highest BCUT2D eigenvalue weighted by molar-refractivity contribution is 5.96. The van der Waals surface area contributed by atoms with Crippen LogP contribution in [0.3, 0.4) is 0 Å². The van der Waals surface area contributed by atoms with Crippen molar-refractivity contribution in [2.45, 2.75) is 25.3 Å². The molecule has 0 spiro atoms. The van der Waals surface area contributed by atoms with E-state index >= 15 is 0 Å². The lowest BCUT2D eigenvalue weighted by molar-refractivity contribution is -0.143. The van der Waals surface area contributed by atoms with Gasteiger partial charge in [0.05, 0.1) is 0 Å². The molecule has 1 N–H and O–H groups in total. The van der Waals surface area contributed by atoms with Gasteiger partial charge >= 0.3 is 5.97 Å². The summed E-state index contributed by atoms with van der Waals surface area (Å²) in [7, 11) is 0. The van der Waals surface area contributed by atoms with Crippen molar-refractivity contribution >= 4 is 11.9 Å². The van der Waals surface area contributed by atoms with Crippen molar-refractivity contribution in [2.24, 2.45) is 0 Å². The summed E-state index contributed by atoms with van der Waals surface area (Å²) in [5, 5.41) is 9.07. The fourth-order valence-corrected chi connectivity index (χ4v) is 2.27. The summed E-state index contributed by atoms with van der Waals surface area (Å²) in [4.78, 5) is 24.4. The molecule has 0 unspecified atom stereocenters. The molecule has 1 amide bonds. The molecule has 6 heteroatoms. The van der Waals surface area contributed by atoms with Crippen LogP contribution in [0.25, 0.3) is 0 Å². The predicted octanol–water partition coefficient (Wildman–Crippen LogP) is 2.04. The second kappa shape index (κ2) is 5.34. The first-order chi connectivity index (χ1) is 8.99. The molecule has 0 saturated carbocycles. The first-order valence-electron chi connectivity index (χ1n) is 5.99. The molecule has 0 radical (unpaired) electrons. The zero-order valence-corrected chi connectivity index (χ0v) is 10.1. The normalized spacial score (nSPS) is 19.3. The lowest BCUT2D eigenvalue weighted by atomic mass is 10.0. The minimum absolute atomic E-state index is 0.161. The van der Waals surface area contributed by atoms with Gasteiger partial charge in [0.1, 0.15) is 17.7 Å². The Bertz CT molecular complexity index is 498. The smallest absolute Gasteiger partial charge is 0.326 e. The number of amides is 1. The number of carbonyl (C=O) groups excluding carboxylic acids is 1. The van der Waals surface area contributed by atoms with E-state index in [9.17, 15) is 18.4 Å². The number of likely N-dealkylation sites (tertiary alicyclic amines) is 1. The number of hydrogen-bond donors (Lipinski definition) is 1. The topological polar surface area (TPSA) is 57.6 Å². The van der Waals surface area contributed by atoms with Gasteiger partial charge in [0.2, 0.25) is 0 Å². The van der Waals surface area contributed by atoms with Crippen molar-refractivity contribution in [3.8, 4) is 0 Å². The van der Waals surface area contributed by atoms with E-state index < -0.39 is 29.6 Å². The number of halogens is 2. The van der Waals surface area contributed by atoms with Crippen LogP contribution in [0.2, 0.25) is 0 Å². The summed E-state index contributed by atoms with van der Waals surface area (Å²) in [6.45, 7) is 0.286. The molecular formula is C13H13F2NO3. The standard InChI is InChI=1S/C13H13F2NO3/c14-9-5-8(6-10(15)7-9)12(17)16-4-2-1-3-11(16)13(18)19/h5-7,11H,1-4H2,(H,18,19)/t11-/m1/s1. The van der Waals surface area contributed by atoms with Gasteiger partial charge in [-0.05, 0) is 31.4 Å². The molecule has 0 aromatic heterocycles. The predicted molar refractivity (Wildman–Crippen MR) is 62.7 cm³/mol. The van der Waals surface area contributed by atoms with Crippen molar-refractivity contribution in [3.63, 3.8) is 0 Å². The largest absolute Gasteiger partial charge is 0.480 e. The number of aliphatic carboxylic acids is 1. The Hall–Kier alpha value is -1.98. The fraction of sp³-hybridized carbons (Fsp3) is 0.385. The van der Waals surface area contributed by atoms with E-state index in [-0.39, 0.29) is 12.1 Å². The Kier molecular flexibility index (Phi) is 3.78. The van der Waals surface area contributed by atoms with Gasteiger partial charge in [-0.1, -0.05) is 0 Å². The van der Waals surface area contributed by atoms with Crippen molar-refractivity contribution < 1.29 is 23.5 Å². The van der Waals surface area contributed by atoms with Crippen LogP contribution in [0, 0.1) is 11.6 Å². The number of rotatable bonds is 2. The van der Waals surface area contributed by atoms with Crippen LogP contribution in [0.1, 0.15) is 29.6 Å². The van der Waals surface area contributed by atoms with Gasteiger partial charge in [0.15, 0.2) is 0 Å². The SMILES string of the molecule is O=C(O)[C@H]1CCCCN1C(=O)c1cc(F)cc(F)c1. The van der Waals surface area contributed by atoms with Crippen LogP contribution in [-0.4, -0.2) is 34.5 Å². The van der Waals surface area contributed by atoms with Gasteiger partial charge in [0, 0.05) is 18.2 Å². The summed E-state index contributed by atoms with van der Waals surface area (Å²) in [6, 6.07) is 1.58. The summed E-state index contributed by atoms with van der Waals surface area (Å²) in [6.07, 6.45) is 1.77. The van der Waals surface area contributed by atoms with E-state index in [1.54, 1.807) is 0 Å². The molecule has 1 fully saturated rings. The summed E-state index contributed by atoms with van der Waals surface area (Å²) >= 11 is 0. The molecule has 0 bridgehead atoms. The van der Waals surface area contributed by atoms with Crippen LogP contribution < -0.4 is 0 Å². The highest BCUT2D eigenvalue weighted by Crippen LogP contribution is 2.20. The number of carboxylic acids is 1. The molecule has 102 valence electrons. The van der Waals surface area contributed by atoms with Gasteiger partial charge in [0.25, 0.3) is 5.91 Å². The van der Waals surface area contributed by atoms with Gasteiger partial charge in [-0.15, -0.1) is 0 Å². The summed E-state index contributed by atoms with van der Waals surface area (Å²) in [5.74, 6) is -3.45. The number of benzene rings is 1. The second-order valence-electron chi connectivity index (χ2n) is 4.51. The van der Waals surface area contributed by atoms with Gasteiger partial charge < -0.3 is 10.0 Å². The highest BCUT2D eigenvalue weighted by atomic mass is 19.1. The Balaban J connectivity index is 2.28. The molecular weight excluding hydrogens is 256 g/mol. The third kappa shape index (κ3) is 2.89. The number of nitrogens with zero attached hydrogens (tertiary/aromatic N) is 1. The zero-order chi connectivity index (χ0) is 14.0. The molecule has 1 aromatic carbocycles. The Morgan fingerprint density at radius 2 is 1.79 bits per heavy atom. The zero-order valence-electron chi connectivity index (χ0n) is 10.1. The highest BCUT2D eigenvalue weighted by Gasteiger charge is 2.32. The lowest BCUT2D eigenvalue weighted by Gasteiger charge is -2.33. The molecule has 2 rings (SSSR count). The average Bonchev–Trinajstić information content (AvgIpc) is 2.36. The van der Waals surface area contributed by atoms with Crippen LogP contribution >= 0.6 is 0 Å². The second-order valence-corrected chi connectivity index (χ2v) is 4.51. The number of hydrogen-bond acceptors (Lipinski definition) is 2. The van der Waals surface area contributed by atoms with E-state index in [1.807, 2.05) is 0 Å². The van der Waals surface area contributed by atoms with Crippen LogP contribution in [0.5, 0.6) is 0 Å². The third-order valence-electron chi connectivity index (χ3n) is 3.16. The lowest BCUT2D eigenvalue weighted by Crippen LogP contribution is -2.48. The fourth-order valence-electron chi connectivity index (χ4n) is 2.27. The monoisotopic (exact) mass is 269 g/mol. The molecule has 1 atom stereocenters. The van der Waals surface area contributed by atoms with E-state index in [0.29, 0.717) is 18.9 Å². The first-order valence-corrected chi connectivity index (χ1v) is 5.99. The van der Waals surface area contributed by atoms with Gasteiger partial charge in [-0.2, -0.15) is 0 Å². The van der Waals surface area contributed by atoms with Crippen molar-refractivity contribution in [3.05, 3.63) is 35.4 Å². The van der Waals surface area contributed by atoms with Crippen LogP contribution in [0.15, 0.2) is 18.2 Å². The molecule has 0 aliphatic carbocycles. The van der Waals surface area contributed by atoms with Crippen LogP contribution in [0.4, 0.5) is 8.78 Å². The van der Waals surface area contributed by atoms with Gasteiger partial charge in [-0.25, -0.2) is 13.6 Å². The number of carbonyl (C=O) groups is 2. The van der Waals surface area contributed by atoms with E-state index in [1.165, 1.54) is 4.90 Å². The third-order valence-corrected chi connectivity index (χ3v) is 3.16. The summed E-state index contributed by atoms with van der Waals surface area (Å²) < 4.78 is 26.2. The van der Waals surface area contributed by atoms with E-state index in [2.05, 4.69) is 0 Å². The Morgan fingerprint density at radius 1 is 1.16 bits per heavy atom.